The summed E-state index contributed by atoms with van der Waals surface area (Å²) in [5.74, 6) is -0.559. The van der Waals surface area contributed by atoms with E-state index in [1.54, 1.807) is 0 Å². The van der Waals surface area contributed by atoms with Crippen molar-refractivity contribution in [1.29, 1.82) is 0 Å². The van der Waals surface area contributed by atoms with E-state index in [0.29, 0.717) is 51.1 Å². The zero-order valence-electron chi connectivity index (χ0n) is 62.0. The van der Waals surface area contributed by atoms with Crippen molar-refractivity contribution in [2.45, 2.75) is 36.9 Å². The van der Waals surface area contributed by atoms with Gasteiger partial charge < -0.3 is 66.3 Å². The van der Waals surface area contributed by atoms with Crippen LogP contribution in [0, 0.1) is 11.8 Å². The molecule has 10 rings (SSSR count). The molecule has 0 aliphatic heterocycles. The number of hydrogen-bond donors (Lipinski definition) is 0. The van der Waals surface area contributed by atoms with Gasteiger partial charge in [0.25, 0.3) is 0 Å². The summed E-state index contributed by atoms with van der Waals surface area (Å²) in [6.07, 6.45) is 4.75. The van der Waals surface area contributed by atoms with Crippen molar-refractivity contribution in [3.8, 4) is 45.3 Å². The van der Waals surface area contributed by atoms with Crippen LogP contribution in [-0.4, -0.2) is 154 Å². The summed E-state index contributed by atoms with van der Waals surface area (Å²) in [5.41, 5.74) is 12.5. The zero-order chi connectivity index (χ0) is 78.1. The maximum absolute atomic E-state index is 11.7. The summed E-state index contributed by atoms with van der Waals surface area (Å²) in [6, 6.07) is 66.6. The Labute approximate surface area is 642 Å². The number of ether oxygens (including phenoxy) is 14. The van der Waals surface area contributed by atoms with E-state index < -0.39 is 58.9 Å². The third-order valence-electron chi connectivity index (χ3n) is 17.9. The molecular weight excluding hydrogens is 1400 g/mol. The van der Waals surface area contributed by atoms with Gasteiger partial charge in [-0.2, -0.15) is 0 Å². The first kappa shape index (κ1) is 82.1. The van der Waals surface area contributed by atoms with Crippen LogP contribution in [0.1, 0.15) is 58.4 Å². The molecule has 8 aromatic rings. The zero-order valence-corrected chi connectivity index (χ0v) is 62.0. The summed E-state index contributed by atoms with van der Waals surface area (Å²) in [4.78, 5) is 69.0. The molecule has 0 saturated carbocycles. The summed E-state index contributed by atoms with van der Waals surface area (Å²) < 4.78 is 77.5. The number of carbonyl (C=O) groups excluding carboxylic acids is 6. The van der Waals surface area contributed by atoms with Gasteiger partial charge in [0, 0.05) is 48.3 Å². The smallest absolute Gasteiger partial charge is 0.330 e. The van der Waals surface area contributed by atoms with E-state index in [-0.39, 0.29) is 77.9 Å². The summed E-state index contributed by atoms with van der Waals surface area (Å²) in [6.45, 7) is 27.7. The van der Waals surface area contributed by atoms with Crippen LogP contribution in [0.4, 0.5) is 0 Å². The van der Waals surface area contributed by atoms with Gasteiger partial charge in [0.1, 0.15) is 62.6 Å². The predicted molar refractivity (Wildman–Crippen MR) is 416 cm³/mol. The van der Waals surface area contributed by atoms with Crippen LogP contribution in [0.25, 0.3) is 22.3 Å². The monoisotopic (exact) mass is 1490 g/mol. The molecule has 2 aliphatic carbocycles. The van der Waals surface area contributed by atoms with Crippen LogP contribution < -0.4 is 18.9 Å². The average Bonchev–Trinajstić information content (AvgIpc) is 1.55. The Balaban J connectivity index is 0.000000256. The molecule has 0 saturated heterocycles. The van der Waals surface area contributed by atoms with Gasteiger partial charge in [0.15, 0.2) is 12.2 Å². The standard InChI is InChI=1S/C47H46O12.C43H46O8/c1-5-43(48)56-31-37(58-45(50)7-3)29-52-25-27-54-35-21-17-33(18-22-35)47(41-15-11-9-13-39(41)40-14-10-12-16-42(40)47)34-19-23-36(24-20-34)55-28-26-53-30-38(59-46(51)8-4)32-57-44(49)6-2;1-5-41(44)50-29-31(3)27-46-23-25-48-35-19-15-33(16-20-35)43(39-13-9-7-11-37(39)38-12-8-10-14-40(38)43)34-17-21-36(22-18-34)49-26-24-47-28-32(4)30-51-42(45)6-2/h5-24,37-38H,1-4,25-32H2;5-22,31-32H,1-2,23-30H2,3-4H3. The molecule has 20 nitrogen and oxygen atoms in total. The normalized spacial score (nSPS) is 13.3. The van der Waals surface area contributed by atoms with E-state index in [1.165, 1.54) is 22.3 Å². The molecule has 0 amide bonds. The minimum absolute atomic E-state index is 0.0166. The number of rotatable bonds is 44. The number of carbonyl (C=O) groups is 6. The molecule has 572 valence electrons. The van der Waals surface area contributed by atoms with E-state index >= 15 is 0 Å². The van der Waals surface area contributed by atoms with Crippen LogP contribution in [0.15, 0.2) is 270 Å². The number of esters is 6. The number of hydrogen-bond acceptors (Lipinski definition) is 20. The molecule has 0 N–H and O–H groups in total. The van der Waals surface area contributed by atoms with Gasteiger partial charge in [0.2, 0.25) is 0 Å². The molecule has 2 aliphatic rings. The minimum Gasteiger partial charge on any atom is -0.491 e. The Morgan fingerprint density at radius 1 is 0.282 bits per heavy atom. The third-order valence-corrected chi connectivity index (χ3v) is 17.9. The maximum Gasteiger partial charge on any atom is 0.330 e. The molecule has 8 aromatic carbocycles. The summed E-state index contributed by atoms with van der Waals surface area (Å²) in [5, 5.41) is 0. The fraction of sp³-hybridized carbons (Fsp3) is 0.267. The lowest BCUT2D eigenvalue weighted by atomic mass is 9.68. The largest absolute Gasteiger partial charge is 0.491 e. The van der Waals surface area contributed by atoms with Crippen LogP contribution in [0.2, 0.25) is 0 Å². The average molecular weight is 1490 g/mol. The molecule has 0 bridgehead atoms. The molecular formula is C90H92O20. The van der Waals surface area contributed by atoms with E-state index in [2.05, 4.69) is 161 Å². The van der Waals surface area contributed by atoms with E-state index in [9.17, 15) is 28.8 Å². The molecule has 0 radical (unpaired) electrons. The molecule has 0 heterocycles. The third kappa shape index (κ3) is 21.7. The van der Waals surface area contributed by atoms with Crippen LogP contribution in [-0.2, 0) is 87.0 Å². The first-order valence-corrected chi connectivity index (χ1v) is 36.1. The Kier molecular flexibility index (Phi) is 31.3. The molecule has 4 atom stereocenters. The lowest BCUT2D eigenvalue weighted by molar-refractivity contribution is -0.156. The Morgan fingerprint density at radius 3 is 0.755 bits per heavy atom. The van der Waals surface area contributed by atoms with Crippen molar-refractivity contribution in [3.05, 3.63) is 315 Å². The second kappa shape index (κ2) is 42.0. The van der Waals surface area contributed by atoms with Crippen molar-refractivity contribution < 1.29 is 95.1 Å². The van der Waals surface area contributed by atoms with Gasteiger partial charge in [-0.3, -0.25) is 0 Å². The highest BCUT2D eigenvalue weighted by Gasteiger charge is 2.47. The summed E-state index contributed by atoms with van der Waals surface area (Å²) in [7, 11) is 0. The van der Waals surface area contributed by atoms with E-state index in [1.807, 2.05) is 86.6 Å². The van der Waals surface area contributed by atoms with Gasteiger partial charge in [-0.25, -0.2) is 28.8 Å². The first-order valence-electron chi connectivity index (χ1n) is 36.1. The number of fused-ring (bicyclic) bond motifs is 6. The first-order chi connectivity index (χ1) is 53.6. The SMILES string of the molecule is C=CC(=O)OCC(C)COCCOc1ccc(C2(c3ccc(OCCOCC(C)COC(=O)C=C)cc3)c3ccccc3-c3ccccc32)cc1.C=CC(=O)OCC(COCCOc1ccc(C2(c3ccc(OCCOCC(COC(=O)C=C)OC(=O)C=C)cc3)c3ccccc3-c3ccccc32)cc1)OC(=O)C=C. The highest BCUT2D eigenvalue weighted by Crippen LogP contribution is 2.58. The fourth-order valence-electron chi connectivity index (χ4n) is 12.9. The predicted octanol–water partition coefficient (Wildman–Crippen LogP) is 14.1. The van der Waals surface area contributed by atoms with Crippen molar-refractivity contribution in [1.82, 2.24) is 0 Å². The second-order valence-electron chi connectivity index (χ2n) is 25.5. The topological polar surface area (TPSA) is 232 Å². The van der Waals surface area contributed by atoms with Crippen LogP contribution in [0.3, 0.4) is 0 Å². The van der Waals surface area contributed by atoms with E-state index in [4.69, 9.17) is 66.3 Å². The van der Waals surface area contributed by atoms with Gasteiger partial charge in [0.05, 0.1) is 76.9 Å². The van der Waals surface area contributed by atoms with Crippen LogP contribution in [0.5, 0.6) is 23.0 Å². The molecule has 110 heavy (non-hydrogen) atoms. The fourth-order valence-corrected chi connectivity index (χ4v) is 12.9. The second-order valence-corrected chi connectivity index (χ2v) is 25.5. The maximum atomic E-state index is 11.7. The molecule has 0 spiro atoms. The minimum atomic E-state index is -0.824. The van der Waals surface area contributed by atoms with Crippen molar-refractivity contribution in [2.75, 3.05) is 106 Å². The highest BCUT2D eigenvalue weighted by atomic mass is 16.6. The lowest BCUT2D eigenvalue weighted by Crippen LogP contribution is -2.29. The summed E-state index contributed by atoms with van der Waals surface area (Å²) >= 11 is 0. The lowest BCUT2D eigenvalue weighted by Gasteiger charge is -2.34. The molecule has 4 unspecified atom stereocenters. The quantitative estimate of drug-likeness (QED) is 0.0149. The van der Waals surface area contributed by atoms with E-state index in [0.717, 1.165) is 92.5 Å². The van der Waals surface area contributed by atoms with Gasteiger partial charge >= 0.3 is 35.8 Å². The van der Waals surface area contributed by atoms with Gasteiger partial charge in [-0.05, 0) is 115 Å². The molecule has 20 heteroatoms. The Hall–Kier alpha value is -11.9. The van der Waals surface area contributed by atoms with Gasteiger partial charge in [-0.1, -0.05) is 199 Å². The van der Waals surface area contributed by atoms with Crippen molar-refractivity contribution in [3.63, 3.8) is 0 Å². The highest BCUT2D eigenvalue weighted by molar-refractivity contribution is 5.88. The van der Waals surface area contributed by atoms with Crippen molar-refractivity contribution in [2.24, 2.45) is 11.8 Å². The van der Waals surface area contributed by atoms with Gasteiger partial charge in [-0.15, -0.1) is 0 Å². The Bertz CT molecular complexity index is 4150. The van der Waals surface area contributed by atoms with Crippen molar-refractivity contribution >= 4 is 35.8 Å². The number of benzene rings is 8. The molecule has 0 aromatic heterocycles. The van der Waals surface area contributed by atoms with Crippen LogP contribution >= 0.6 is 0 Å². The molecule has 0 fully saturated rings. The Morgan fingerprint density at radius 2 is 0.509 bits per heavy atom.